The van der Waals surface area contributed by atoms with Crippen LogP contribution in [-0.2, 0) is 13.3 Å². The SMILES string of the molecule is CCCCO[Si](CC(C)CCl)(OCCCC)OCCCC. The lowest BCUT2D eigenvalue weighted by Gasteiger charge is -2.31. The van der Waals surface area contributed by atoms with Gasteiger partial charge in [-0.15, -0.1) is 11.6 Å². The van der Waals surface area contributed by atoms with Crippen LogP contribution in [-0.4, -0.2) is 34.5 Å². The lowest BCUT2D eigenvalue weighted by atomic mass is 10.3. The topological polar surface area (TPSA) is 27.7 Å². The Balaban J connectivity index is 4.69. The van der Waals surface area contributed by atoms with Crippen LogP contribution in [0.25, 0.3) is 0 Å². The van der Waals surface area contributed by atoms with E-state index in [1.165, 1.54) is 0 Å². The van der Waals surface area contributed by atoms with Gasteiger partial charge < -0.3 is 13.3 Å². The molecule has 0 fully saturated rings. The summed E-state index contributed by atoms with van der Waals surface area (Å²) in [7, 11) is -2.58. The molecule has 0 aliphatic rings. The maximum atomic E-state index is 6.17. The molecule has 0 aromatic rings. The van der Waals surface area contributed by atoms with Crippen LogP contribution in [0.5, 0.6) is 0 Å². The first kappa shape index (κ1) is 21.4. The van der Waals surface area contributed by atoms with Gasteiger partial charge in [-0.05, 0) is 25.2 Å². The quantitative estimate of drug-likeness (QED) is 0.232. The minimum absolute atomic E-state index is 0.364. The number of halogens is 1. The molecule has 0 radical (unpaired) electrons. The van der Waals surface area contributed by atoms with E-state index in [2.05, 4.69) is 27.7 Å². The van der Waals surface area contributed by atoms with Gasteiger partial charge in [0.2, 0.25) is 0 Å². The molecule has 0 amide bonds. The van der Waals surface area contributed by atoms with Crippen molar-refractivity contribution >= 4 is 20.4 Å². The van der Waals surface area contributed by atoms with Gasteiger partial charge in [-0.3, -0.25) is 0 Å². The monoisotopic (exact) mass is 338 g/mol. The van der Waals surface area contributed by atoms with Crippen LogP contribution in [0.1, 0.15) is 66.2 Å². The summed E-state index contributed by atoms with van der Waals surface area (Å²) in [5, 5.41) is 0. The van der Waals surface area contributed by atoms with Crippen molar-refractivity contribution in [2.24, 2.45) is 5.92 Å². The molecular weight excluding hydrogens is 304 g/mol. The largest absolute Gasteiger partial charge is 0.501 e. The Hall–Kier alpha value is 0.387. The molecule has 0 spiro atoms. The summed E-state index contributed by atoms with van der Waals surface area (Å²) in [6, 6.07) is 0.827. The Morgan fingerprint density at radius 2 is 1.19 bits per heavy atom. The second kappa shape index (κ2) is 14.0. The molecular formula is C16H35ClO3Si. The van der Waals surface area contributed by atoms with Crippen molar-refractivity contribution in [3.8, 4) is 0 Å². The number of rotatable bonds is 15. The lowest BCUT2D eigenvalue weighted by molar-refractivity contribution is 0.0536. The van der Waals surface area contributed by atoms with Crippen LogP contribution >= 0.6 is 11.6 Å². The first-order chi connectivity index (χ1) is 10.1. The molecule has 0 aliphatic carbocycles. The zero-order valence-corrected chi connectivity index (χ0v) is 16.2. The summed E-state index contributed by atoms with van der Waals surface area (Å²) >= 11 is 6.00. The highest BCUT2D eigenvalue weighted by Crippen LogP contribution is 2.24. The van der Waals surface area contributed by atoms with Crippen LogP contribution in [0.2, 0.25) is 6.04 Å². The predicted octanol–water partition coefficient (Wildman–Crippen LogP) is 5.25. The smallest absolute Gasteiger partial charge is 0.373 e. The second-order valence-electron chi connectivity index (χ2n) is 5.75. The highest BCUT2D eigenvalue weighted by molar-refractivity contribution is 6.60. The zero-order chi connectivity index (χ0) is 16.0. The lowest BCUT2D eigenvalue weighted by Crippen LogP contribution is -2.48. The first-order valence-corrected chi connectivity index (χ1v) is 11.1. The van der Waals surface area contributed by atoms with Gasteiger partial charge in [-0.1, -0.05) is 47.0 Å². The first-order valence-electron chi connectivity index (χ1n) is 8.61. The van der Waals surface area contributed by atoms with Crippen LogP contribution in [0.4, 0.5) is 0 Å². The van der Waals surface area contributed by atoms with Gasteiger partial charge >= 0.3 is 8.80 Å². The molecule has 21 heavy (non-hydrogen) atoms. The van der Waals surface area contributed by atoms with Crippen molar-refractivity contribution in [3.05, 3.63) is 0 Å². The van der Waals surface area contributed by atoms with Gasteiger partial charge in [-0.2, -0.15) is 0 Å². The molecule has 5 heteroatoms. The zero-order valence-electron chi connectivity index (χ0n) is 14.5. The number of alkyl halides is 1. The predicted molar refractivity (Wildman–Crippen MR) is 93.0 cm³/mol. The van der Waals surface area contributed by atoms with E-state index < -0.39 is 8.80 Å². The van der Waals surface area contributed by atoms with Crippen LogP contribution in [0.15, 0.2) is 0 Å². The molecule has 0 saturated heterocycles. The molecule has 0 aromatic carbocycles. The van der Waals surface area contributed by atoms with Crippen molar-refractivity contribution < 1.29 is 13.3 Å². The van der Waals surface area contributed by atoms with Gasteiger partial charge in [0, 0.05) is 31.7 Å². The van der Waals surface area contributed by atoms with Crippen molar-refractivity contribution in [2.45, 2.75) is 72.3 Å². The summed E-state index contributed by atoms with van der Waals surface area (Å²) in [5.74, 6) is 0.989. The minimum atomic E-state index is -2.58. The van der Waals surface area contributed by atoms with Gasteiger partial charge in [0.1, 0.15) is 0 Å². The molecule has 0 heterocycles. The van der Waals surface area contributed by atoms with E-state index in [4.69, 9.17) is 24.9 Å². The molecule has 1 atom stereocenters. The molecule has 0 rings (SSSR count). The van der Waals surface area contributed by atoms with Gasteiger partial charge in [-0.25, -0.2) is 0 Å². The van der Waals surface area contributed by atoms with Gasteiger partial charge in [0.15, 0.2) is 0 Å². The van der Waals surface area contributed by atoms with Crippen molar-refractivity contribution in [1.29, 1.82) is 0 Å². The summed E-state index contributed by atoms with van der Waals surface area (Å²) in [6.07, 6.45) is 6.53. The average molecular weight is 339 g/mol. The Morgan fingerprint density at radius 1 is 0.810 bits per heavy atom. The van der Waals surface area contributed by atoms with E-state index in [1.807, 2.05) is 0 Å². The third-order valence-electron chi connectivity index (χ3n) is 3.32. The summed E-state index contributed by atoms with van der Waals surface area (Å²) < 4.78 is 18.5. The van der Waals surface area contributed by atoms with Crippen molar-refractivity contribution in [2.75, 3.05) is 25.7 Å². The van der Waals surface area contributed by atoms with E-state index in [9.17, 15) is 0 Å². The van der Waals surface area contributed by atoms with Crippen molar-refractivity contribution in [3.63, 3.8) is 0 Å². The molecule has 0 bridgehead atoms. The minimum Gasteiger partial charge on any atom is -0.373 e. The highest BCUT2D eigenvalue weighted by Gasteiger charge is 2.42. The van der Waals surface area contributed by atoms with Gasteiger partial charge in [0.25, 0.3) is 0 Å². The fraction of sp³-hybridized carbons (Fsp3) is 1.00. The highest BCUT2D eigenvalue weighted by atomic mass is 35.5. The Labute approximate surface area is 138 Å². The van der Waals surface area contributed by atoms with Crippen LogP contribution < -0.4 is 0 Å². The molecule has 0 saturated carbocycles. The molecule has 1 unspecified atom stereocenters. The summed E-state index contributed by atoms with van der Waals surface area (Å²) in [5.41, 5.74) is 0. The van der Waals surface area contributed by atoms with E-state index >= 15 is 0 Å². The van der Waals surface area contributed by atoms with E-state index in [0.29, 0.717) is 11.8 Å². The van der Waals surface area contributed by atoms with Crippen LogP contribution in [0.3, 0.4) is 0 Å². The van der Waals surface area contributed by atoms with E-state index in [-0.39, 0.29) is 0 Å². The number of hydrogen-bond donors (Lipinski definition) is 0. The van der Waals surface area contributed by atoms with Gasteiger partial charge in [0.05, 0.1) is 0 Å². The summed E-state index contributed by atoms with van der Waals surface area (Å²) in [6.45, 7) is 10.9. The fourth-order valence-corrected chi connectivity index (χ4v) is 5.16. The third kappa shape index (κ3) is 10.7. The Morgan fingerprint density at radius 3 is 1.48 bits per heavy atom. The maximum absolute atomic E-state index is 6.17. The average Bonchev–Trinajstić information content (AvgIpc) is 2.48. The summed E-state index contributed by atoms with van der Waals surface area (Å²) in [4.78, 5) is 0. The van der Waals surface area contributed by atoms with Crippen LogP contribution in [0, 0.1) is 5.92 Å². The van der Waals surface area contributed by atoms with E-state index in [1.54, 1.807) is 0 Å². The normalized spacial score (nSPS) is 13.6. The molecule has 0 N–H and O–H groups in total. The van der Waals surface area contributed by atoms with Crippen molar-refractivity contribution in [1.82, 2.24) is 0 Å². The number of unbranched alkanes of at least 4 members (excludes halogenated alkanes) is 3. The standard InChI is InChI=1S/C16H35ClO3Si/c1-5-8-11-18-21(15-16(4)14-17,19-12-9-6-2)20-13-10-7-3/h16H,5-15H2,1-4H3. The van der Waals surface area contributed by atoms with E-state index in [0.717, 1.165) is 64.4 Å². The number of hydrogen-bond acceptors (Lipinski definition) is 3. The maximum Gasteiger partial charge on any atom is 0.501 e. The molecule has 128 valence electrons. The third-order valence-corrected chi connectivity index (χ3v) is 6.98. The Bertz CT molecular complexity index is 203. The second-order valence-corrected chi connectivity index (χ2v) is 8.70. The molecule has 0 aliphatic heterocycles. The molecule has 0 aromatic heterocycles. The Kier molecular flexibility index (Phi) is 14.3. The fourth-order valence-electron chi connectivity index (χ4n) is 1.90. The molecule has 3 nitrogen and oxygen atoms in total.